The van der Waals surface area contributed by atoms with Gasteiger partial charge in [0.2, 0.25) is 5.91 Å². The van der Waals surface area contributed by atoms with Crippen LogP contribution >= 0.6 is 12.4 Å². The summed E-state index contributed by atoms with van der Waals surface area (Å²) in [7, 11) is 0. The molecule has 1 rings (SSSR count). The van der Waals surface area contributed by atoms with Crippen molar-refractivity contribution in [3.63, 3.8) is 0 Å². The van der Waals surface area contributed by atoms with Gasteiger partial charge in [0.25, 0.3) is 5.91 Å². The van der Waals surface area contributed by atoms with E-state index in [2.05, 4.69) is 10.6 Å². The standard InChI is InChI=1S/C13H19N3O2.ClH/c1-4-15-13(18)10-6-5-8(2)11(7-10)16-12(17)9(3)14;/h5-7,9H,4,14H2,1-3H3,(H,15,18)(H,16,17);1H/t9-;/m0./s1. The highest BCUT2D eigenvalue weighted by atomic mass is 35.5. The Kier molecular flexibility index (Phi) is 7.11. The molecular weight excluding hydrogens is 266 g/mol. The number of nitrogens with two attached hydrogens (primary N) is 1. The molecule has 0 saturated heterocycles. The lowest BCUT2D eigenvalue weighted by Gasteiger charge is -2.12. The zero-order chi connectivity index (χ0) is 13.7. The SMILES string of the molecule is CCNC(=O)c1ccc(C)c(NC(=O)[C@H](C)N)c1.Cl. The lowest BCUT2D eigenvalue weighted by atomic mass is 10.1. The molecule has 0 heterocycles. The van der Waals surface area contributed by atoms with Gasteiger partial charge in [-0.1, -0.05) is 6.07 Å². The fraction of sp³-hybridized carbons (Fsp3) is 0.385. The van der Waals surface area contributed by atoms with E-state index >= 15 is 0 Å². The van der Waals surface area contributed by atoms with Crippen LogP contribution in [-0.4, -0.2) is 24.4 Å². The van der Waals surface area contributed by atoms with E-state index in [0.29, 0.717) is 17.8 Å². The lowest BCUT2D eigenvalue weighted by Crippen LogP contribution is -2.32. The van der Waals surface area contributed by atoms with Crippen molar-refractivity contribution in [1.82, 2.24) is 5.32 Å². The van der Waals surface area contributed by atoms with Gasteiger partial charge >= 0.3 is 0 Å². The number of halogens is 1. The summed E-state index contributed by atoms with van der Waals surface area (Å²) in [6.45, 7) is 5.88. The fourth-order valence-corrected chi connectivity index (χ4v) is 1.41. The van der Waals surface area contributed by atoms with Crippen molar-refractivity contribution in [2.75, 3.05) is 11.9 Å². The number of rotatable bonds is 4. The summed E-state index contributed by atoms with van der Waals surface area (Å²) in [5.74, 6) is -0.431. The van der Waals surface area contributed by atoms with Gasteiger partial charge in [-0.25, -0.2) is 0 Å². The molecule has 0 aromatic heterocycles. The highest BCUT2D eigenvalue weighted by Crippen LogP contribution is 2.17. The average Bonchev–Trinajstić information content (AvgIpc) is 2.31. The fourth-order valence-electron chi connectivity index (χ4n) is 1.41. The van der Waals surface area contributed by atoms with Gasteiger partial charge in [-0.3, -0.25) is 9.59 Å². The van der Waals surface area contributed by atoms with Crippen LogP contribution in [0.25, 0.3) is 0 Å². The molecule has 0 radical (unpaired) electrons. The summed E-state index contributed by atoms with van der Waals surface area (Å²) in [5.41, 5.74) is 7.50. The van der Waals surface area contributed by atoms with Gasteiger partial charge in [0.05, 0.1) is 6.04 Å². The number of hydrogen-bond acceptors (Lipinski definition) is 3. The Morgan fingerprint density at radius 1 is 1.37 bits per heavy atom. The molecule has 0 unspecified atom stereocenters. The second-order valence-corrected chi connectivity index (χ2v) is 4.17. The Morgan fingerprint density at radius 2 is 2.00 bits per heavy atom. The van der Waals surface area contributed by atoms with Crippen LogP contribution in [0.5, 0.6) is 0 Å². The minimum absolute atomic E-state index is 0. The lowest BCUT2D eigenvalue weighted by molar-refractivity contribution is -0.117. The van der Waals surface area contributed by atoms with Gasteiger partial charge in [-0.15, -0.1) is 12.4 Å². The van der Waals surface area contributed by atoms with Gasteiger partial charge in [0, 0.05) is 17.8 Å². The van der Waals surface area contributed by atoms with Gasteiger partial charge in [-0.05, 0) is 38.5 Å². The van der Waals surface area contributed by atoms with Crippen LogP contribution in [0.1, 0.15) is 29.8 Å². The van der Waals surface area contributed by atoms with Crippen molar-refractivity contribution >= 4 is 29.9 Å². The smallest absolute Gasteiger partial charge is 0.251 e. The maximum absolute atomic E-state index is 11.7. The summed E-state index contributed by atoms with van der Waals surface area (Å²) >= 11 is 0. The van der Waals surface area contributed by atoms with Crippen molar-refractivity contribution < 1.29 is 9.59 Å². The quantitative estimate of drug-likeness (QED) is 0.783. The Bertz CT molecular complexity index is 461. The van der Waals surface area contributed by atoms with Crippen molar-refractivity contribution in [2.24, 2.45) is 5.73 Å². The number of nitrogens with one attached hydrogen (secondary N) is 2. The zero-order valence-corrected chi connectivity index (χ0v) is 12.1. The Labute approximate surface area is 119 Å². The highest BCUT2D eigenvalue weighted by Gasteiger charge is 2.11. The second-order valence-electron chi connectivity index (χ2n) is 4.17. The van der Waals surface area contributed by atoms with Crippen LogP contribution in [0.2, 0.25) is 0 Å². The van der Waals surface area contributed by atoms with E-state index in [1.165, 1.54) is 0 Å². The summed E-state index contributed by atoms with van der Waals surface area (Å²) in [5, 5.41) is 5.41. The zero-order valence-electron chi connectivity index (χ0n) is 11.3. The van der Waals surface area contributed by atoms with Gasteiger partial charge < -0.3 is 16.4 Å². The first-order chi connectivity index (χ1) is 8.45. The first kappa shape index (κ1) is 17.4. The van der Waals surface area contributed by atoms with E-state index in [-0.39, 0.29) is 24.2 Å². The van der Waals surface area contributed by atoms with Gasteiger partial charge in [0.15, 0.2) is 0 Å². The van der Waals surface area contributed by atoms with E-state index in [9.17, 15) is 9.59 Å². The van der Waals surface area contributed by atoms with E-state index in [4.69, 9.17) is 5.73 Å². The Hall–Kier alpha value is -1.59. The summed E-state index contributed by atoms with van der Waals surface area (Å²) in [6.07, 6.45) is 0. The molecule has 4 N–H and O–H groups in total. The van der Waals surface area contributed by atoms with Gasteiger partial charge in [0.1, 0.15) is 0 Å². The topological polar surface area (TPSA) is 84.2 Å². The number of benzene rings is 1. The van der Waals surface area contributed by atoms with Crippen LogP contribution in [0.15, 0.2) is 18.2 Å². The average molecular weight is 286 g/mol. The number of carbonyl (C=O) groups excluding carboxylic acids is 2. The maximum atomic E-state index is 11.7. The molecule has 0 aliphatic rings. The normalized spacial score (nSPS) is 11.2. The highest BCUT2D eigenvalue weighted by molar-refractivity contribution is 5.98. The number of carbonyl (C=O) groups is 2. The number of aryl methyl sites for hydroxylation is 1. The first-order valence-corrected chi connectivity index (χ1v) is 5.91. The molecule has 1 aromatic carbocycles. The van der Waals surface area contributed by atoms with Crippen molar-refractivity contribution in [3.8, 4) is 0 Å². The maximum Gasteiger partial charge on any atom is 0.251 e. The Morgan fingerprint density at radius 3 is 2.53 bits per heavy atom. The summed E-state index contributed by atoms with van der Waals surface area (Å²) in [6, 6.07) is 4.58. The Balaban J connectivity index is 0.00000324. The second kappa shape index (κ2) is 7.76. The van der Waals surface area contributed by atoms with E-state index in [0.717, 1.165) is 5.56 Å². The molecule has 1 atom stereocenters. The molecule has 0 spiro atoms. The molecular formula is C13H20ClN3O2. The molecule has 0 saturated carbocycles. The monoisotopic (exact) mass is 285 g/mol. The molecule has 0 aliphatic carbocycles. The largest absolute Gasteiger partial charge is 0.352 e. The molecule has 0 fully saturated rings. The van der Waals surface area contributed by atoms with Crippen LogP contribution in [-0.2, 0) is 4.79 Å². The molecule has 5 nitrogen and oxygen atoms in total. The third-order valence-electron chi connectivity index (χ3n) is 2.51. The summed E-state index contributed by atoms with van der Waals surface area (Å²) < 4.78 is 0. The van der Waals surface area contributed by atoms with Crippen LogP contribution in [0, 0.1) is 6.92 Å². The van der Waals surface area contributed by atoms with E-state index in [1.807, 2.05) is 13.8 Å². The third-order valence-corrected chi connectivity index (χ3v) is 2.51. The molecule has 2 amide bonds. The molecule has 0 bridgehead atoms. The minimum Gasteiger partial charge on any atom is -0.352 e. The minimum atomic E-state index is -0.586. The van der Waals surface area contributed by atoms with E-state index in [1.54, 1.807) is 25.1 Å². The van der Waals surface area contributed by atoms with Crippen LogP contribution in [0.3, 0.4) is 0 Å². The van der Waals surface area contributed by atoms with Crippen LogP contribution in [0.4, 0.5) is 5.69 Å². The molecule has 1 aromatic rings. The molecule has 106 valence electrons. The summed E-state index contributed by atoms with van der Waals surface area (Å²) in [4.78, 5) is 23.2. The van der Waals surface area contributed by atoms with Crippen molar-refractivity contribution in [1.29, 1.82) is 0 Å². The predicted octanol–water partition coefficient (Wildman–Crippen LogP) is 1.45. The van der Waals surface area contributed by atoms with Crippen molar-refractivity contribution in [3.05, 3.63) is 29.3 Å². The van der Waals surface area contributed by atoms with Crippen molar-refractivity contribution in [2.45, 2.75) is 26.8 Å². The number of hydrogen-bond donors (Lipinski definition) is 3. The number of anilines is 1. The molecule has 19 heavy (non-hydrogen) atoms. The third kappa shape index (κ3) is 4.89. The number of amides is 2. The van der Waals surface area contributed by atoms with Gasteiger partial charge in [-0.2, -0.15) is 0 Å². The first-order valence-electron chi connectivity index (χ1n) is 5.91. The molecule has 0 aliphatic heterocycles. The van der Waals surface area contributed by atoms with Crippen LogP contribution < -0.4 is 16.4 Å². The molecule has 6 heteroatoms. The van der Waals surface area contributed by atoms with E-state index < -0.39 is 6.04 Å². The predicted molar refractivity (Wildman–Crippen MR) is 78.7 cm³/mol.